The third kappa shape index (κ3) is 3.92. The summed E-state index contributed by atoms with van der Waals surface area (Å²) in [4.78, 5) is 0. The minimum Gasteiger partial charge on any atom is -0.495 e. The van der Waals surface area contributed by atoms with Gasteiger partial charge in [0.15, 0.2) is 0 Å². The molecular weight excluding hydrogens is 334 g/mol. The van der Waals surface area contributed by atoms with E-state index in [9.17, 15) is 0 Å². The lowest BCUT2D eigenvalue weighted by Crippen LogP contribution is -2.15. The first-order chi connectivity index (χ1) is 7.54. The van der Waals surface area contributed by atoms with Gasteiger partial charge in [-0.1, -0.05) is 28.1 Å². The van der Waals surface area contributed by atoms with Crippen molar-refractivity contribution in [2.45, 2.75) is 13.5 Å². The maximum Gasteiger partial charge on any atom is 0.137 e. The molecule has 1 rings (SSSR count). The zero-order valence-electron chi connectivity index (χ0n) is 9.44. The topological polar surface area (TPSA) is 21.3 Å². The van der Waals surface area contributed by atoms with Crippen LogP contribution in [0.3, 0.4) is 0 Å². The predicted octanol–water partition coefficient (Wildman–Crippen LogP) is 3.89. The third-order valence-corrected chi connectivity index (χ3v) is 3.08. The average molecular weight is 349 g/mol. The summed E-state index contributed by atoms with van der Waals surface area (Å²) in [6, 6.07) is 4.02. The molecule has 0 aromatic heterocycles. The fraction of sp³-hybridized carbons (Fsp3) is 0.333. The van der Waals surface area contributed by atoms with Crippen LogP contribution in [0, 0.1) is 0 Å². The van der Waals surface area contributed by atoms with Crippen LogP contribution < -0.4 is 10.1 Å². The summed E-state index contributed by atoms with van der Waals surface area (Å²) in [6.45, 7) is 7.42. The monoisotopic (exact) mass is 347 g/mol. The molecular formula is C12H15Br2NO. The van der Waals surface area contributed by atoms with Gasteiger partial charge >= 0.3 is 0 Å². The molecule has 0 atom stereocenters. The molecule has 1 aromatic carbocycles. The Labute approximate surface area is 113 Å². The first-order valence-electron chi connectivity index (χ1n) is 4.91. The van der Waals surface area contributed by atoms with Gasteiger partial charge in [-0.05, 0) is 35.0 Å². The van der Waals surface area contributed by atoms with Gasteiger partial charge < -0.3 is 10.1 Å². The lowest BCUT2D eigenvalue weighted by Gasteiger charge is -2.12. The van der Waals surface area contributed by atoms with Crippen LogP contribution in [0.2, 0.25) is 0 Å². The molecule has 1 aromatic rings. The van der Waals surface area contributed by atoms with E-state index in [0.717, 1.165) is 38.9 Å². The molecule has 1 N–H and O–H groups in total. The summed E-state index contributed by atoms with van der Waals surface area (Å²) in [5.74, 6) is 0.873. The molecule has 0 aliphatic rings. The summed E-state index contributed by atoms with van der Waals surface area (Å²) >= 11 is 6.94. The third-order valence-electron chi connectivity index (χ3n) is 2.03. The Hall–Kier alpha value is -0.320. The van der Waals surface area contributed by atoms with E-state index in [1.165, 1.54) is 0 Å². The molecule has 0 saturated heterocycles. The Bertz CT molecular complexity index is 391. The molecule has 0 bridgehead atoms. The number of hydrogen-bond donors (Lipinski definition) is 1. The zero-order valence-corrected chi connectivity index (χ0v) is 12.6. The predicted molar refractivity (Wildman–Crippen MR) is 74.9 cm³/mol. The lowest BCUT2D eigenvalue weighted by atomic mass is 10.2. The summed E-state index contributed by atoms with van der Waals surface area (Å²) < 4.78 is 7.35. The van der Waals surface area contributed by atoms with E-state index in [1.807, 2.05) is 13.0 Å². The van der Waals surface area contributed by atoms with Crippen LogP contribution in [0.4, 0.5) is 0 Å². The minimum atomic E-state index is 0.758. The van der Waals surface area contributed by atoms with Crippen molar-refractivity contribution in [2.75, 3.05) is 13.7 Å². The molecule has 0 unspecified atom stereocenters. The van der Waals surface area contributed by atoms with E-state index in [-0.39, 0.29) is 0 Å². The van der Waals surface area contributed by atoms with E-state index >= 15 is 0 Å². The molecule has 0 aliphatic heterocycles. The highest BCUT2D eigenvalue weighted by Crippen LogP contribution is 2.32. The van der Waals surface area contributed by atoms with Crippen molar-refractivity contribution in [3.05, 3.63) is 38.8 Å². The standard InChI is InChI=1S/C12H15Br2NO/c1-8(2)6-15-7-9-4-10(13)5-11(14)12(9)16-3/h4-5,15H,1,6-7H2,2-3H3. The van der Waals surface area contributed by atoms with Gasteiger partial charge in [-0.25, -0.2) is 0 Å². The van der Waals surface area contributed by atoms with E-state index in [0.29, 0.717) is 0 Å². The highest BCUT2D eigenvalue weighted by molar-refractivity contribution is 9.11. The van der Waals surface area contributed by atoms with Crippen molar-refractivity contribution in [2.24, 2.45) is 0 Å². The number of hydrogen-bond acceptors (Lipinski definition) is 2. The van der Waals surface area contributed by atoms with Crippen molar-refractivity contribution in [3.63, 3.8) is 0 Å². The smallest absolute Gasteiger partial charge is 0.137 e. The Morgan fingerprint density at radius 2 is 2.12 bits per heavy atom. The molecule has 0 amide bonds. The van der Waals surface area contributed by atoms with Crippen LogP contribution in [0.25, 0.3) is 0 Å². The van der Waals surface area contributed by atoms with Gasteiger partial charge in [-0.3, -0.25) is 0 Å². The van der Waals surface area contributed by atoms with Gasteiger partial charge in [0.1, 0.15) is 5.75 Å². The Kier molecular flexibility index (Phi) is 5.52. The Balaban J connectivity index is 2.81. The van der Waals surface area contributed by atoms with Gasteiger partial charge in [-0.15, -0.1) is 0 Å². The Morgan fingerprint density at radius 3 is 2.69 bits per heavy atom. The maximum absolute atomic E-state index is 5.36. The van der Waals surface area contributed by atoms with Gasteiger partial charge in [0, 0.05) is 23.1 Å². The van der Waals surface area contributed by atoms with Crippen molar-refractivity contribution < 1.29 is 4.74 Å². The minimum absolute atomic E-state index is 0.758. The quantitative estimate of drug-likeness (QED) is 0.815. The zero-order chi connectivity index (χ0) is 12.1. The lowest BCUT2D eigenvalue weighted by molar-refractivity contribution is 0.405. The van der Waals surface area contributed by atoms with Crippen molar-refractivity contribution in [1.29, 1.82) is 0 Å². The first-order valence-corrected chi connectivity index (χ1v) is 6.50. The summed E-state index contributed by atoms with van der Waals surface area (Å²) in [5, 5.41) is 3.31. The molecule has 0 radical (unpaired) electrons. The highest BCUT2D eigenvalue weighted by Gasteiger charge is 2.08. The van der Waals surface area contributed by atoms with E-state index < -0.39 is 0 Å². The van der Waals surface area contributed by atoms with Gasteiger partial charge in [0.05, 0.1) is 11.6 Å². The number of methoxy groups -OCH3 is 1. The first kappa shape index (κ1) is 13.7. The maximum atomic E-state index is 5.36. The fourth-order valence-corrected chi connectivity index (χ4v) is 2.86. The normalized spacial score (nSPS) is 10.2. The van der Waals surface area contributed by atoms with Crippen molar-refractivity contribution in [1.82, 2.24) is 5.32 Å². The van der Waals surface area contributed by atoms with Gasteiger partial charge in [-0.2, -0.15) is 0 Å². The van der Waals surface area contributed by atoms with Crippen LogP contribution in [0.15, 0.2) is 33.2 Å². The number of nitrogens with one attached hydrogen (secondary N) is 1. The largest absolute Gasteiger partial charge is 0.495 e. The molecule has 0 aliphatic carbocycles. The van der Waals surface area contributed by atoms with Crippen LogP contribution >= 0.6 is 31.9 Å². The second kappa shape index (κ2) is 6.42. The van der Waals surface area contributed by atoms with Crippen LogP contribution in [0.1, 0.15) is 12.5 Å². The summed E-state index contributed by atoms with van der Waals surface area (Å²) in [6.07, 6.45) is 0. The summed E-state index contributed by atoms with van der Waals surface area (Å²) in [7, 11) is 1.68. The Morgan fingerprint density at radius 1 is 1.44 bits per heavy atom. The van der Waals surface area contributed by atoms with Gasteiger partial charge in [0.2, 0.25) is 0 Å². The molecule has 0 fully saturated rings. The van der Waals surface area contributed by atoms with Crippen molar-refractivity contribution in [3.8, 4) is 5.75 Å². The highest BCUT2D eigenvalue weighted by atomic mass is 79.9. The van der Waals surface area contributed by atoms with Gasteiger partial charge in [0.25, 0.3) is 0 Å². The molecule has 0 saturated carbocycles. The van der Waals surface area contributed by atoms with E-state index in [4.69, 9.17) is 4.74 Å². The molecule has 88 valence electrons. The number of rotatable bonds is 5. The van der Waals surface area contributed by atoms with Crippen LogP contribution in [-0.4, -0.2) is 13.7 Å². The summed E-state index contributed by atoms with van der Waals surface area (Å²) in [5.41, 5.74) is 2.23. The molecule has 4 heteroatoms. The SMILES string of the molecule is C=C(C)CNCc1cc(Br)cc(Br)c1OC. The fourth-order valence-electron chi connectivity index (χ4n) is 1.38. The van der Waals surface area contributed by atoms with Crippen LogP contribution in [-0.2, 0) is 6.54 Å². The van der Waals surface area contributed by atoms with E-state index in [1.54, 1.807) is 7.11 Å². The molecule has 16 heavy (non-hydrogen) atoms. The molecule has 2 nitrogen and oxygen atoms in total. The number of benzene rings is 1. The average Bonchev–Trinajstić information content (AvgIpc) is 2.16. The van der Waals surface area contributed by atoms with Crippen molar-refractivity contribution >= 4 is 31.9 Å². The van der Waals surface area contributed by atoms with E-state index in [2.05, 4.69) is 49.8 Å². The second-order valence-corrected chi connectivity index (χ2v) is 5.41. The van der Waals surface area contributed by atoms with Crippen LogP contribution in [0.5, 0.6) is 5.75 Å². The second-order valence-electron chi connectivity index (χ2n) is 3.64. The molecule has 0 spiro atoms. The number of halogens is 2. The number of ether oxygens (including phenoxy) is 1. The molecule has 0 heterocycles.